The summed E-state index contributed by atoms with van der Waals surface area (Å²) in [6.45, 7) is 3.99. The van der Waals surface area contributed by atoms with Gasteiger partial charge in [0.1, 0.15) is 18.1 Å². The molecular formula is C37H26N6O13. The number of ether oxygens (including phenoxy) is 2. The SMILES string of the molecule is CC[C@@]1(OC(=O)[C@H](C)O/N=C2\c3cc([N+](=O)[O-])cc(C)c3-c3c2cc([N+](=O)[O-])cc3[N+](=O)[O-])C(=O)OCc2c1cc1n(c2=O)Cc2cc3cc(O)ccc3nc2-1. The van der Waals surface area contributed by atoms with Gasteiger partial charge in [0, 0.05) is 51.4 Å². The Kier molecular flexibility index (Phi) is 7.92. The van der Waals surface area contributed by atoms with Crippen LogP contribution < -0.4 is 5.56 Å². The molecule has 19 nitrogen and oxygen atoms in total. The number of esters is 2. The Hall–Kier alpha value is -7.57. The number of carbonyl (C=O) groups is 2. The van der Waals surface area contributed by atoms with Gasteiger partial charge in [-0.1, -0.05) is 12.1 Å². The first kappa shape index (κ1) is 35.5. The number of rotatable bonds is 8. The Morgan fingerprint density at radius 2 is 1.70 bits per heavy atom. The Morgan fingerprint density at radius 1 is 1.00 bits per heavy atom. The van der Waals surface area contributed by atoms with E-state index in [1.807, 2.05) is 0 Å². The summed E-state index contributed by atoms with van der Waals surface area (Å²) in [5.41, 5.74) is -2.27. The van der Waals surface area contributed by atoms with Gasteiger partial charge < -0.3 is 24.0 Å². The minimum atomic E-state index is -2.12. The zero-order chi connectivity index (χ0) is 40.0. The lowest BCUT2D eigenvalue weighted by atomic mass is 9.85. The summed E-state index contributed by atoms with van der Waals surface area (Å²) in [6.07, 6.45) is -1.80. The number of phenols is 1. The molecule has 0 radical (unpaired) electrons. The van der Waals surface area contributed by atoms with Crippen molar-refractivity contribution in [2.75, 3.05) is 0 Å². The number of hydrogen-bond donors (Lipinski definition) is 1. The van der Waals surface area contributed by atoms with Crippen LogP contribution in [0.15, 0.2) is 64.5 Å². The second-order valence-corrected chi connectivity index (χ2v) is 13.4. The summed E-state index contributed by atoms with van der Waals surface area (Å²) in [7, 11) is 0. The molecule has 3 aromatic carbocycles. The van der Waals surface area contributed by atoms with E-state index < -0.39 is 67.6 Å². The van der Waals surface area contributed by atoms with Gasteiger partial charge in [-0.15, -0.1) is 0 Å². The van der Waals surface area contributed by atoms with Crippen LogP contribution in [0.2, 0.25) is 0 Å². The highest BCUT2D eigenvalue weighted by atomic mass is 16.7. The normalized spacial score (nSPS) is 17.3. The number of fused-ring (bicyclic) bond motifs is 8. The van der Waals surface area contributed by atoms with E-state index in [0.29, 0.717) is 27.9 Å². The molecule has 2 atom stereocenters. The van der Waals surface area contributed by atoms with Crippen LogP contribution in [-0.2, 0) is 42.7 Å². The molecule has 0 spiro atoms. The van der Waals surface area contributed by atoms with Crippen molar-refractivity contribution in [3.05, 3.63) is 129 Å². The van der Waals surface area contributed by atoms with Crippen molar-refractivity contribution < 1.29 is 43.8 Å². The lowest BCUT2D eigenvalue weighted by molar-refractivity contribution is -0.393. The molecule has 0 unspecified atom stereocenters. The summed E-state index contributed by atoms with van der Waals surface area (Å²) in [5, 5.41) is 50.4. The molecule has 2 aromatic heterocycles. The third-order valence-corrected chi connectivity index (χ3v) is 10.2. The first-order valence-electron chi connectivity index (χ1n) is 16.9. The van der Waals surface area contributed by atoms with E-state index in [-0.39, 0.29) is 63.4 Å². The minimum Gasteiger partial charge on any atom is -0.508 e. The van der Waals surface area contributed by atoms with E-state index in [4.69, 9.17) is 19.3 Å². The molecule has 282 valence electrons. The average molecular weight is 763 g/mol. The maximum Gasteiger partial charge on any atom is 0.355 e. The number of hydrogen-bond acceptors (Lipinski definition) is 15. The van der Waals surface area contributed by atoms with Gasteiger partial charge in [0.05, 0.1) is 55.4 Å². The second kappa shape index (κ2) is 12.5. The number of aromatic nitrogens is 2. The fourth-order valence-electron chi connectivity index (χ4n) is 7.51. The molecule has 5 aromatic rings. The Labute approximate surface area is 312 Å². The molecule has 0 fully saturated rings. The lowest BCUT2D eigenvalue weighted by Crippen LogP contribution is -2.48. The number of carbonyl (C=O) groups excluding carboxylic acids is 2. The number of nitro benzene ring substituents is 3. The number of oxime groups is 1. The molecule has 4 heterocycles. The highest BCUT2D eigenvalue weighted by Gasteiger charge is 2.51. The molecule has 1 N–H and O–H groups in total. The number of aryl methyl sites for hydroxylation is 1. The van der Waals surface area contributed by atoms with E-state index in [9.17, 15) is 49.8 Å². The van der Waals surface area contributed by atoms with E-state index in [2.05, 4.69) is 5.16 Å². The lowest BCUT2D eigenvalue weighted by Gasteiger charge is -2.36. The Balaban J connectivity index is 1.18. The second-order valence-electron chi connectivity index (χ2n) is 13.4. The van der Waals surface area contributed by atoms with Crippen LogP contribution in [-0.4, -0.2) is 53.2 Å². The van der Waals surface area contributed by atoms with Crippen molar-refractivity contribution in [1.82, 2.24) is 9.55 Å². The standard InChI is InChI=1S/C37H26N6O13/c1-4-37(26-13-29-32-19(8-18-9-22(44)5-6-27(18)38-32)14-40(29)34(45)25(26)15-54-36(37)47)55-35(46)17(3)56-39-33-23-10-20(41(48)49)7-16(2)30(23)31-24(33)11-21(42(50)51)12-28(31)43(52)53/h5-13,17,44H,4,14-15H2,1-3H3/b39-33+/t17-,37-/m0/s1. The van der Waals surface area contributed by atoms with Crippen molar-refractivity contribution in [1.29, 1.82) is 0 Å². The van der Waals surface area contributed by atoms with E-state index >= 15 is 0 Å². The summed E-state index contributed by atoms with van der Waals surface area (Å²) in [4.78, 5) is 84.9. The Morgan fingerprint density at radius 3 is 2.38 bits per heavy atom. The quantitative estimate of drug-likeness (QED) is 0.118. The van der Waals surface area contributed by atoms with Crippen LogP contribution >= 0.6 is 0 Å². The molecule has 19 heteroatoms. The van der Waals surface area contributed by atoms with Gasteiger partial charge in [-0.25, -0.2) is 14.6 Å². The van der Waals surface area contributed by atoms with Crippen LogP contribution in [0, 0.1) is 37.3 Å². The summed E-state index contributed by atoms with van der Waals surface area (Å²) in [6, 6.07) is 12.1. The van der Waals surface area contributed by atoms with E-state index in [1.165, 1.54) is 30.5 Å². The van der Waals surface area contributed by atoms with Gasteiger partial charge >= 0.3 is 11.9 Å². The highest BCUT2D eigenvalue weighted by molar-refractivity contribution is 6.26. The zero-order valence-electron chi connectivity index (χ0n) is 29.4. The molecular weight excluding hydrogens is 736 g/mol. The number of cyclic esters (lactones) is 1. The highest BCUT2D eigenvalue weighted by Crippen LogP contribution is 2.48. The van der Waals surface area contributed by atoms with Crippen LogP contribution in [0.4, 0.5) is 17.1 Å². The van der Waals surface area contributed by atoms with Gasteiger partial charge in [-0.2, -0.15) is 0 Å². The first-order valence-corrected chi connectivity index (χ1v) is 16.9. The topological polar surface area (TPSA) is 259 Å². The number of aromatic hydroxyl groups is 1. The van der Waals surface area contributed by atoms with Gasteiger partial charge in [0.2, 0.25) is 11.7 Å². The van der Waals surface area contributed by atoms with Gasteiger partial charge in [-0.05, 0) is 56.2 Å². The molecule has 0 bridgehead atoms. The molecule has 0 saturated heterocycles. The van der Waals surface area contributed by atoms with Crippen molar-refractivity contribution in [3.8, 4) is 28.3 Å². The van der Waals surface area contributed by atoms with Gasteiger partial charge in [-0.3, -0.25) is 35.1 Å². The molecule has 56 heavy (non-hydrogen) atoms. The fourth-order valence-corrected chi connectivity index (χ4v) is 7.51. The number of non-ortho nitro benzene ring substituents is 2. The summed E-state index contributed by atoms with van der Waals surface area (Å²) in [5.74, 6) is -2.06. The average Bonchev–Trinajstić information content (AvgIpc) is 3.68. The zero-order valence-corrected chi connectivity index (χ0v) is 29.4. The summed E-state index contributed by atoms with van der Waals surface area (Å²) < 4.78 is 12.7. The maximum atomic E-state index is 13.9. The molecule has 8 rings (SSSR count). The van der Waals surface area contributed by atoms with Crippen LogP contribution in [0.3, 0.4) is 0 Å². The number of nitrogens with zero attached hydrogens (tertiary/aromatic N) is 6. The first-order chi connectivity index (χ1) is 26.6. The fraction of sp³-hybridized carbons (Fsp3) is 0.216. The third kappa shape index (κ3) is 5.22. The van der Waals surface area contributed by atoms with Crippen LogP contribution in [0.25, 0.3) is 33.4 Å². The number of pyridine rings is 2. The predicted molar refractivity (Wildman–Crippen MR) is 193 cm³/mol. The van der Waals surface area contributed by atoms with Crippen molar-refractivity contribution in [3.63, 3.8) is 0 Å². The van der Waals surface area contributed by atoms with Crippen LogP contribution in [0.1, 0.15) is 53.6 Å². The minimum absolute atomic E-state index is 0.0153. The predicted octanol–water partition coefficient (Wildman–Crippen LogP) is 5.21. The van der Waals surface area contributed by atoms with Crippen molar-refractivity contribution in [2.45, 2.75) is 52.0 Å². The molecule has 0 saturated carbocycles. The van der Waals surface area contributed by atoms with Crippen molar-refractivity contribution >= 4 is 45.6 Å². The van der Waals surface area contributed by atoms with Crippen molar-refractivity contribution in [2.24, 2.45) is 5.16 Å². The maximum absolute atomic E-state index is 13.9. The van der Waals surface area contributed by atoms with Gasteiger partial charge in [0.15, 0.2) is 0 Å². The van der Waals surface area contributed by atoms with Gasteiger partial charge in [0.25, 0.3) is 22.6 Å². The number of benzene rings is 3. The third-order valence-electron chi connectivity index (χ3n) is 10.2. The van der Waals surface area contributed by atoms with Crippen LogP contribution in [0.5, 0.6) is 5.75 Å². The number of phenolic OH excluding ortho intramolecular Hbond substituents is 1. The summed E-state index contributed by atoms with van der Waals surface area (Å²) >= 11 is 0. The molecule has 1 aliphatic carbocycles. The molecule has 3 aliphatic rings. The van der Waals surface area contributed by atoms with E-state index in [1.54, 1.807) is 31.2 Å². The smallest absolute Gasteiger partial charge is 0.355 e. The Bertz CT molecular complexity index is 2780. The largest absolute Gasteiger partial charge is 0.508 e. The number of nitro groups is 3. The van der Waals surface area contributed by atoms with E-state index in [0.717, 1.165) is 18.2 Å². The molecule has 2 aliphatic heterocycles. The monoisotopic (exact) mass is 762 g/mol. The molecule has 0 amide bonds.